The Kier molecular flexibility index (Phi) is 10.9. The van der Waals surface area contributed by atoms with Crippen LogP contribution in [-0.2, 0) is 24.4 Å². The molecule has 0 atom stereocenters. The Morgan fingerprint density at radius 3 is 2.50 bits per heavy atom. The predicted molar refractivity (Wildman–Crippen MR) is 113 cm³/mol. The van der Waals surface area contributed by atoms with Crippen LogP contribution in [0, 0.1) is 0 Å². The first-order valence-electron chi connectivity index (χ1n) is 8.60. The maximum Gasteiger partial charge on any atom is 0.411 e. The van der Waals surface area contributed by atoms with E-state index in [0.29, 0.717) is 18.1 Å². The number of halogens is 4. The van der Waals surface area contributed by atoms with E-state index < -0.39 is 12.8 Å². The number of ether oxygens (including phenoxy) is 1. The van der Waals surface area contributed by atoms with Crippen LogP contribution in [0.3, 0.4) is 0 Å². The lowest BCUT2D eigenvalue weighted by atomic mass is 10.1. The van der Waals surface area contributed by atoms with Gasteiger partial charge in [0.25, 0.3) is 0 Å². The molecule has 0 aliphatic carbocycles. The van der Waals surface area contributed by atoms with Crippen LogP contribution in [0.2, 0.25) is 0 Å². The Morgan fingerprint density at radius 2 is 1.89 bits per heavy atom. The molecule has 0 spiro atoms. The van der Waals surface area contributed by atoms with E-state index >= 15 is 0 Å². The summed E-state index contributed by atoms with van der Waals surface area (Å²) in [6.07, 6.45) is 0.284. The minimum absolute atomic E-state index is 0. The lowest BCUT2D eigenvalue weighted by molar-refractivity contribution is -0.176. The number of nitrogens with zero attached hydrogens (tertiary/aromatic N) is 3. The van der Waals surface area contributed by atoms with E-state index in [1.807, 2.05) is 29.1 Å². The lowest BCUT2D eigenvalue weighted by Crippen LogP contribution is -2.37. The molecule has 0 radical (unpaired) electrons. The third-order valence-corrected chi connectivity index (χ3v) is 3.66. The van der Waals surface area contributed by atoms with Crippen molar-refractivity contribution in [2.75, 3.05) is 20.2 Å². The number of hydrogen-bond donors (Lipinski definition) is 2. The van der Waals surface area contributed by atoms with Gasteiger partial charge in [-0.1, -0.05) is 24.3 Å². The van der Waals surface area contributed by atoms with Crippen molar-refractivity contribution in [1.82, 2.24) is 20.4 Å². The summed E-state index contributed by atoms with van der Waals surface area (Å²) in [5.74, 6) is 0.688. The Balaban J connectivity index is 0.00000392. The molecular formula is C18H25F3IN5O. The fraction of sp³-hybridized carbons (Fsp3) is 0.444. The molecule has 0 saturated carbocycles. The molecule has 2 aromatic rings. The van der Waals surface area contributed by atoms with Crippen molar-refractivity contribution in [3.05, 3.63) is 53.9 Å². The molecule has 1 heterocycles. The highest BCUT2D eigenvalue weighted by Crippen LogP contribution is 2.15. The zero-order chi connectivity index (χ0) is 19.5. The van der Waals surface area contributed by atoms with Crippen molar-refractivity contribution in [2.24, 2.45) is 4.99 Å². The van der Waals surface area contributed by atoms with Gasteiger partial charge in [-0.3, -0.25) is 9.67 Å². The molecule has 28 heavy (non-hydrogen) atoms. The van der Waals surface area contributed by atoms with Gasteiger partial charge >= 0.3 is 6.18 Å². The molecule has 156 valence electrons. The van der Waals surface area contributed by atoms with Gasteiger partial charge in [0.05, 0.1) is 6.61 Å². The van der Waals surface area contributed by atoms with Crippen LogP contribution < -0.4 is 10.6 Å². The Hall–Kier alpha value is -1.82. The zero-order valence-corrected chi connectivity index (χ0v) is 17.9. The van der Waals surface area contributed by atoms with Crippen LogP contribution in [0.5, 0.6) is 0 Å². The number of benzene rings is 1. The summed E-state index contributed by atoms with van der Waals surface area (Å²) in [7, 11) is 1.70. The highest BCUT2D eigenvalue weighted by atomic mass is 127. The molecule has 0 amide bonds. The molecule has 10 heteroatoms. The number of aliphatic imine (C=N–C) groups is 1. The lowest BCUT2D eigenvalue weighted by Gasteiger charge is -2.12. The second-order valence-electron chi connectivity index (χ2n) is 5.90. The molecule has 0 saturated heterocycles. The highest BCUT2D eigenvalue weighted by molar-refractivity contribution is 14.0. The van der Waals surface area contributed by atoms with Crippen molar-refractivity contribution < 1.29 is 17.9 Å². The third kappa shape index (κ3) is 9.93. The van der Waals surface area contributed by atoms with Crippen molar-refractivity contribution in [3.8, 4) is 0 Å². The number of alkyl halides is 3. The number of hydrogen-bond acceptors (Lipinski definition) is 3. The number of nitrogens with one attached hydrogen (secondary N) is 2. The fourth-order valence-corrected chi connectivity index (χ4v) is 2.32. The standard InChI is InChI=1S/C18H24F3N5O.HI/c1-22-17(23-8-2-10-26-11-3-9-25-26)24-12-15-4-6-16(7-5-15)13-27-14-18(19,20)21;/h3-7,9,11H,2,8,10,12-14H2,1H3,(H2,22,23,24);1H. The number of rotatable bonds is 9. The van der Waals surface area contributed by atoms with Gasteiger partial charge in [-0.15, -0.1) is 24.0 Å². The van der Waals surface area contributed by atoms with E-state index in [9.17, 15) is 13.2 Å². The number of aryl methyl sites for hydroxylation is 1. The molecule has 1 aromatic carbocycles. The van der Waals surface area contributed by atoms with Gasteiger partial charge in [-0.05, 0) is 23.6 Å². The van der Waals surface area contributed by atoms with Crippen molar-refractivity contribution in [3.63, 3.8) is 0 Å². The van der Waals surface area contributed by atoms with Gasteiger partial charge < -0.3 is 15.4 Å². The van der Waals surface area contributed by atoms with Crippen LogP contribution in [0.25, 0.3) is 0 Å². The largest absolute Gasteiger partial charge is 0.411 e. The summed E-state index contributed by atoms with van der Waals surface area (Å²) in [6, 6.07) is 9.11. The van der Waals surface area contributed by atoms with Crippen molar-refractivity contribution in [1.29, 1.82) is 0 Å². The van der Waals surface area contributed by atoms with Gasteiger partial charge in [-0.2, -0.15) is 18.3 Å². The zero-order valence-electron chi connectivity index (χ0n) is 15.6. The van der Waals surface area contributed by atoms with E-state index in [2.05, 4.69) is 25.5 Å². The minimum Gasteiger partial charge on any atom is -0.367 e. The SMILES string of the molecule is CN=C(NCCCn1cccn1)NCc1ccc(COCC(F)(F)F)cc1.I. The summed E-state index contributed by atoms with van der Waals surface area (Å²) in [6.45, 7) is 0.845. The first-order chi connectivity index (χ1) is 13.0. The second-order valence-corrected chi connectivity index (χ2v) is 5.90. The van der Waals surface area contributed by atoms with E-state index in [4.69, 9.17) is 0 Å². The van der Waals surface area contributed by atoms with Crippen LogP contribution in [-0.4, -0.2) is 42.1 Å². The number of aromatic nitrogens is 2. The molecule has 6 nitrogen and oxygen atoms in total. The molecule has 0 aliphatic rings. The summed E-state index contributed by atoms with van der Waals surface area (Å²) in [5, 5.41) is 10.6. The van der Waals surface area contributed by atoms with Crippen molar-refractivity contribution >= 4 is 29.9 Å². The number of guanidine groups is 1. The average molecular weight is 511 g/mol. The molecular weight excluding hydrogens is 486 g/mol. The first kappa shape index (κ1) is 24.2. The highest BCUT2D eigenvalue weighted by Gasteiger charge is 2.27. The average Bonchev–Trinajstić information content (AvgIpc) is 3.15. The van der Waals surface area contributed by atoms with E-state index in [-0.39, 0.29) is 30.6 Å². The Morgan fingerprint density at radius 1 is 1.18 bits per heavy atom. The monoisotopic (exact) mass is 511 g/mol. The summed E-state index contributed by atoms with van der Waals surface area (Å²) in [5.41, 5.74) is 1.69. The molecule has 2 rings (SSSR count). The van der Waals surface area contributed by atoms with Gasteiger partial charge in [0.15, 0.2) is 5.96 Å². The smallest absolute Gasteiger partial charge is 0.367 e. The normalized spacial score (nSPS) is 11.8. The summed E-state index contributed by atoms with van der Waals surface area (Å²) < 4.78 is 42.7. The molecule has 0 unspecified atom stereocenters. The molecule has 0 aliphatic heterocycles. The maximum atomic E-state index is 12.1. The molecule has 1 aromatic heterocycles. The Bertz CT molecular complexity index is 690. The predicted octanol–water partition coefficient (Wildman–Crippen LogP) is 3.34. The quantitative estimate of drug-likeness (QED) is 0.235. The summed E-state index contributed by atoms with van der Waals surface area (Å²) in [4.78, 5) is 4.16. The second kappa shape index (κ2) is 12.6. The van der Waals surface area contributed by atoms with Crippen LogP contribution in [0.15, 0.2) is 47.7 Å². The Labute approximate surface area is 179 Å². The van der Waals surface area contributed by atoms with Crippen molar-refractivity contribution in [2.45, 2.75) is 32.3 Å². The first-order valence-corrected chi connectivity index (χ1v) is 8.60. The van der Waals surface area contributed by atoms with E-state index in [1.165, 1.54) is 0 Å². The van der Waals surface area contributed by atoms with E-state index in [1.54, 1.807) is 25.4 Å². The van der Waals surface area contributed by atoms with Gasteiger partial charge in [-0.25, -0.2) is 0 Å². The topological polar surface area (TPSA) is 63.5 Å². The minimum atomic E-state index is -4.30. The molecule has 0 bridgehead atoms. The maximum absolute atomic E-state index is 12.1. The van der Waals surface area contributed by atoms with Gasteiger partial charge in [0, 0.05) is 39.1 Å². The van der Waals surface area contributed by atoms with Gasteiger partial charge in [0.2, 0.25) is 0 Å². The van der Waals surface area contributed by atoms with E-state index in [0.717, 1.165) is 25.1 Å². The molecule has 0 fully saturated rings. The van der Waals surface area contributed by atoms with Gasteiger partial charge in [0.1, 0.15) is 6.61 Å². The molecule has 2 N–H and O–H groups in total. The van der Waals surface area contributed by atoms with Crippen LogP contribution in [0.1, 0.15) is 17.5 Å². The van der Waals surface area contributed by atoms with Crippen LogP contribution in [0.4, 0.5) is 13.2 Å². The fourth-order valence-electron chi connectivity index (χ4n) is 2.32. The summed E-state index contributed by atoms with van der Waals surface area (Å²) >= 11 is 0. The van der Waals surface area contributed by atoms with Crippen LogP contribution >= 0.6 is 24.0 Å². The third-order valence-electron chi connectivity index (χ3n) is 3.66.